The number of aromatic nitrogens is 1. The predicted octanol–water partition coefficient (Wildman–Crippen LogP) is 1.31. The number of carbonyl (C=O) groups is 1. The molecule has 2 N–H and O–H groups in total. The molecule has 0 radical (unpaired) electrons. The van der Waals surface area contributed by atoms with Gasteiger partial charge in [0.2, 0.25) is 0 Å². The fourth-order valence-corrected chi connectivity index (χ4v) is 3.27. The van der Waals surface area contributed by atoms with Crippen molar-refractivity contribution in [3.05, 3.63) is 59.8 Å². The molecule has 4 nitrogen and oxygen atoms in total. The zero-order chi connectivity index (χ0) is 15.7. The Morgan fingerprint density at radius 2 is 1.87 bits per heavy atom. The Bertz CT molecular complexity index is 852. The number of benzene rings is 2. The second kappa shape index (κ2) is 7.27. The second-order valence-electron chi connectivity index (χ2n) is 4.89. The van der Waals surface area contributed by atoms with Crippen molar-refractivity contribution in [2.75, 3.05) is 0 Å². The molecule has 0 unspecified atom stereocenters. The van der Waals surface area contributed by atoms with Crippen LogP contribution in [0.1, 0.15) is 17.5 Å². The summed E-state index contributed by atoms with van der Waals surface area (Å²) in [6, 6.07) is 14.5. The van der Waals surface area contributed by atoms with Crippen LogP contribution in [0, 0.1) is 6.92 Å². The van der Waals surface area contributed by atoms with Crippen molar-refractivity contribution < 1.29 is 46.0 Å². The predicted molar refractivity (Wildman–Crippen MR) is 87.5 cm³/mol. The van der Waals surface area contributed by atoms with Crippen LogP contribution in [0.2, 0.25) is 0 Å². The molecule has 0 amide bonds. The summed E-state index contributed by atoms with van der Waals surface area (Å²) in [4.78, 5) is 16.3. The van der Waals surface area contributed by atoms with Gasteiger partial charge >= 0.3 is 35.5 Å². The monoisotopic (exact) mass is 335 g/mol. The Morgan fingerprint density at radius 3 is 2.52 bits per heavy atom. The van der Waals surface area contributed by atoms with Crippen molar-refractivity contribution in [3.63, 3.8) is 0 Å². The van der Waals surface area contributed by atoms with Crippen molar-refractivity contribution in [3.8, 4) is 26.8 Å². The topological polar surface area (TPSA) is 70.4 Å². The first-order chi connectivity index (χ1) is 10.6. The Kier molecular flexibility index (Phi) is 5.59. The van der Waals surface area contributed by atoms with Gasteiger partial charge in [-0.1, -0.05) is 42.0 Å². The third-order valence-corrected chi connectivity index (χ3v) is 4.39. The summed E-state index contributed by atoms with van der Waals surface area (Å²) in [5.41, 5.74) is 2.33. The fourth-order valence-electron chi connectivity index (χ4n) is 2.19. The maximum absolute atomic E-state index is 11.5. The molecule has 3 aromatic rings. The van der Waals surface area contributed by atoms with Crippen LogP contribution < -0.4 is 29.6 Å². The van der Waals surface area contributed by atoms with Crippen molar-refractivity contribution in [1.29, 1.82) is 0 Å². The van der Waals surface area contributed by atoms with E-state index in [1.807, 2.05) is 37.3 Å². The van der Waals surface area contributed by atoms with Gasteiger partial charge in [0.15, 0.2) is 5.69 Å². The molecule has 0 atom stereocenters. The number of aromatic hydroxyl groups is 1. The van der Waals surface area contributed by atoms with E-state index in [1.165, 1.54) is 11.3 Å². The number of hydrogen-bond donors (Lipinski definition) is 2. The van der Waals surface area contributed by atoms with Crippen LogP contribution in [-0.2, 0) is 0 Å². The molecule has 3 rings (SSSR count). The molecular formula is C17H14NNaO3S. The molecule has 112 valence electrons. The van der Waals surface area contributed by atoms with Gasteiger partial charge < -0.3 is 11.6 Å². The Hall–Kier alpha value is -1.66. The van der Waals surface area contributed by atoms with Crippen molar-refractivity contribution in [2.24, 2.45) is 0 Å². The molecule has 2 aromatic carbocycles. The quantitative estimate of drug-likeness (QED) is 0.708. The van der Waals surface area contributed by atoms with Crippen LogP contribution in [0.5, 0.6) is 5.75 Å². The number of carboxylic acids is 1. The van der Waals surface area contributed by atoms with E-state index in [1.54, 1.807) is 18.2 Å². The maximum atomic E-state index is 11.5. The number of aryl methyl sites for hydroxylation is 1. The average Bonchev–Trinajstić information content (AvgIpc) is 2.96. The van der Waals surface area contributed by atoms with E-state index in [2.05, 4.69) is 4.98 Å². The van der Waals surface area contributed by atoms with Gasteiger partial charge in [-0.2, -0.15) is 0 Å². The molecule has 1 heterocycles. The molecule has 0 fully saturated rings. The molecular weight excluding hydrogens is 321 g/mol. The zero-order valence-corrected chi connectivity index (χ0v) is 15.6. The van der Waals surface area contributed by atoms with E-state index in [0.29, 0.717) is 15.4 Å². The smallest absolute Gasteiger partial charge is 1.00 e. The molecule has 6 heteroatoms. The molecule has 23 heavy (non-hydrogen) atoms. The standard InChI is InChI=1S/C17H13NO3S.Na.H/c1-10-7-8-13(19)12(9-10)16-18-14(17(20)21)15(22-16)11-5-3-2-4-6-11;;/h2-9,19H,1H3,(H,20,21);;/q;+1;-1. The molecule has 0 saturated carbocycles. The number of carboxylic acid groups (broad SMARTS) is 1. The molecule has 1 aromatic heterocycles. The molecule has 0 aliphatic carbocycles. The summed E-state index contributed by atoms with van der Waals surface area (Å²) in [6.07, 6.45) is 0. The molecule has 0 spiro atoms. The summed E-state index contributed by atoms with van der Waals surface area (Å²) in [6.45, 7) is 1.91. The van der Waals surface area contributed by atoms with Crippen molar-refractivity contribution in [2.45, 2.75) is 6.92 Å². The van der Waals surface area contributed by atoms with Crippen LogP contribution in [0.3, 0.4) is 0 Å². The first kappa shape index (κ1) is 17.7. The van der Waals surface area contributed by atoms with Gasteiger partial charge in [-0.15, -0.1) is 11.3 Å². The van der Waals surface area contributed by atoms with Gasteiger partial charge in [0.05, 0.1) is 10.4 Å². The van der Waals surface area contributed by atoms with Gasteiger partial charge in [0.1, 0.15) is 10.8 Å². The molecule has 0 aliphatic heterocycles. The van der Waals surface area contributed by atoms with E-state index in [4.69, 9.17) is 0 Å². The minimum atomic E-state index is -1.08. The summed E-state index contributed by atoms with van der Waals surface area (Å²) < 4.78 is 0. The Labute approximate surface area is 161 Å². The summed E-state index contributed by atoms with van der Waals surface area (Å²) in [7, 11) is 0. The second-order valence-corrected chi connectivity index (χ2v) is 5.89. The Morgan fingerprint density at radius 1 is 1.17 bits per heavy atom. The number of phenols is 1. The van der Waals surface area contributed by atoms with Gasteiger partial charge in [-0.25, -0.2) is 9.78 Å². The number of thiazole rings is 1. The minimum Gasteiger partial charge on any atom is -1.00 e. The van der Waals surface area contributed by atoms with Crippen LogP contribution in [0.25, 0.3) is 21.0 Å². The van der Waals surface area contributed by atoms with Crippen LogP contribution in [0.4, 0.5) is 0 Å². The van der Waals surface area contributed by atoms with E-state index in [-0.39, 0.29) is 42.4 Å². The fraction of sp³-hybridized carbons (Fsp3) is 0.0588. The van der Waals surface area contributed by atoms with Crippen molar-refractivity contribution in [1.82, 2.24) is 4.98 Å². The van der Waals surface area contributed by atoms with E-state index in [0.717, 1.165) is 11.1 Å². The molecule has 0 bridgehead atoms. The average molecular weight is 335 g/mol. The first-order valence-corrected chi connectivity index (χ1v) is 7.47. The van der Waals surface area contributed by atoms with Crippen LogP contribution in [0.15, 0.2) is 48.5 Å². The van der Waals surface area contributed by atoms with Crippen molar-refractivity contribution >= 4 is 17.3 Å². The number of nitrogens with zero attached hydrogens (tertiary/aromatic N) is 1. The van der Waals surface area contributed by atoms with E-state index >= 15 is 0 Å². The minimum absolute atomic E-state index is 0. The molecule has 0 saturated heterocycles. The van der Waals surface area contributed by atoms with Gasteiger partial charge in [0.25, 0.3) is 0 Å². The van der Waals surface area contributed by atoms with Gasteiger partial charge in [-0.05, 0) is 24.6 Å². The number of hydrogen-bond acceptors (Lipinski definition) is 4. The van der Waals surface area contributed by atoms with Crippen LogP contribution in [-0.4, -0.2) is 21.2 Å². The molecule has 0 aliphatic rings. The third kappa shape index (κ3) is 3.64. The van der Waals surface area contributed by atoms with Crippen LogP contribution >= 0.6 is 11.3 Å². The number of phenolic OH excluding ortho intramolecular Hbond substituents is 1. The largest absolute Gasteiger partial charge is 1.00 e. The van der Waals surface area contributed by atoms with E-state index < -0.39 is 5.97 Å². The number of rotatable bonds is 3. The SMILES string of the molecule is Cc1ccc(O)c(-c2nc(C(=O)O)c(-c3ccccc3)s2)c1.[H-].[Na+]. The number of aromatic carboxylic acids is 1. The van der Waals surface area contributed by atoms with Gasteiger partial charge in [0, 0.05) is 0 Å². The summed E-state index contributed by atoms with van der Waals surface area (Å²) >= 11 is 1.26. The Balaban J connectivity index is 0.00000144. The summed E-state index contributed by atoms with van der Waals surface area (Å²) in [5.74, 6) is -0.982. The zero-order valence-electron chi connectivity index (χ0n) is 13.8. The van der Waals surface area contributed by atoms with Gasteiger partial charge in [-0.3, -0.25) is 0 Å². The first-order valence-electron chi connectivity index (χ1n) is 6.66. The third-order valence-electron chi connectivity index (χ3n) is 3.25. The maximum Gasteiger partial charge on any atom is 1.00 e. The normalized spacial score (nSPS) is 10.1. The summed E-state index contributed by atoms with van der Waals surface area (Å²) in [5, 5.41) is 19.9. The van der Waals surface area contributed by atoms with E-state index in [9.17, 15) is 15.0 Å².